The Hall–Kier alpha value is -2.17. The van der Waals surface area contributed by atoms with Crippen molar-refractivity contribution in [1.29, 1.82) is 0 Å². The van der Waals surface area contributed by atoms with Crippen molar-refractivity contribution >= 4 is 5.91 Å². The van der Waals surface area contributed by atoms with Crippen LogP contribution < -0.4 is 5.32 Å². The first-order chi connectivity index (χ1) is 10.1. The molecule has 21 heavy (non-hydrogen) atoms. The molecule has 0 radical (unpaired) electrons. The number of hydrogen-bond donors (Lipinski definition) is 1. The number of benzene rings is 1. The smallest absolute Gasteiger partial charge is 0.254 e. The van der Waals surface area contributed by atoms with E-state index in [0.717, 1.165) is 30.6 Å². The average molecular weight is 289 g/mol. The van der Waals surface area contributed by atoms with E-state index >= 15 is 0 Å². The number of carbonyl (C=O) groups is 1. The Labute approximate surface area is 124 Å². The standard InChI is InChI=1S/C16H20FN3O/c1-3-4-5-10-18-16(21)15-11-19-20(12(15)2)14-8-6-13(17)7-9-14/h6-9,11H,3-5,10H2,1-2H3,(H,18,21). The lowest BCUT2D eigenvalue weighted by atomic mass is 10.2. The molecular weight excluding hydrogens is 269 g/mol. The highest BCUT2D eigenvalue weighted by molar-refractivity contribution is 5.95. The summed E-state index contributed by atoms with van der Waals surface area (Å²) in [6.45, 7) is 4.63. The highest BCUT2D eigenvalue weighted by Gasteiger charge is 2.14. The summed E-state index contributed by atoms with van der Waals surface area (Å²) in [7, 11) is 0. The van der Waals surface area contributed by atoms with Gasteiger partial charge >= 0.3 is 0 Å². The van der Waals surface area contributed by atoms with Crippen LogP contribution in [-0.2, 0) is 0 Å². The Morgan fingerprint density at radius 1 is 1.29 bits per heavy atom. The van der Waals surface area contributed by atoms with Crippen LogP contribution in [0.1, 0.15) is 42.2 Å². The quantitative estimate of drug-likeness (QED) is 0.830. The summed E-state index contributed by atoms with van der Waals surface area (Å²) in [5, 5.41) is 7.11. The van der Waals surface area contributed by atoms with Gasteiger partial charge in [-0.1, -0.05) is 19.8 Å². The van der Waals surface area contributed by atoms with Crippen LogP contribution in [0.15, 0.2) is 30.5 Å². The van der Waals surface area contributed by atoms with Gasteiger partial charge in [-0.05, 0) is 37.6 Å². The van der Waals surface area contributed by atoms with Crippen LogP contribution in [0.3, 0.4) is 0 Å². The fourth-order valence-corrected chi connectivity index (χ4v) is 2.15. The third kappa shape index (κ3) is 3.68. The van der Waals surface area contributed by atoms with Crippen LogP contribution in [0.5, 0.6) is 0 Å². The summed E-state index contributed by atoms with van der Waals surface area (Å²) >= 11 is 0. The van der Waals surface area contributed by atoms with E-state index in [-0.39, 0.29) is 11.7 Å². The maximum Gasteiger partial charge on any atom is 0.254 e. The van der Waals surface area contributed by atoms with Crippen molar-refractivity contribution in [2.45, 2.75) is 33.1 Å². The van der Waals surface area contributed by atoms with Crippen molar-refractivity contribution in [1.82, 2.24) is 15.1 Å². The lowest BCUT2D eigenvalue weighted by molar-refractivity contribution is 0.0952. The van der Waals surface area contributed by atoms with E-state index in [1.54, 1.807) is 23.0 Å². The molecule has 0 saturated heterocycles. The molecule has 5 heteroatoms. The van der Waals surface area contributed by atoms with Gasteiger partial charge < -0.3 is 5.32 Å². The predicted octanol–water partition coefficient (Wildman–Crippen LogP) is 3.24. The van der Waals surface area contributed by atoms with Gasteiger partial charge in [-0.3, -0.25) is 4.79 Å². The van der Waals surface area contributed by atoms with Crippen LogP contribution in [0.25, 0.3) is 5.69 Å². The van der Waals surface area contributed by atoms with E-state index in [2.05, 4.69) is 17.3 Å². The number of carbonyl (C=O) groups excluding carboxylic acids is 1. The minimum Gasteiger partial charge on any atom is -0.352 e. The van der Waals surface area contributed by atoms with Crippen LogP contribution >= 0.6 is 0 Å². The molecule has 1 heterocycles. The molecule has 1 aromatic heterocycles. The summed E-state index contributed by atoms with van der Waals surface area (Å²) < 4.78 is 14.6. The van der Waals surface area contributed by atoms with Crippen molar-refractivity contribution in [3.05, 3.63) is 47.5 Å². The van der Waals surface area contributed by atoms with Gasteiger partial charge in [-0.2, -0.15) is 5.10 Å². The molecular formula is C16H20FN3O. The molecule has 112 valence electrons. The summed E-state index contributed by atoms with van der Waals surface area (Å²) in [5.74, 6) is -0.408. The maximum atomic E-state index is 12.9. The van der Waals surface area contributed by atoms with E-state index in [9.17, 15) is 9.18 Å². The van der Waals surface area contributed by atoms with Gasteiger partial charge in [0.15, 0.2) is 0 Å². The highest BCUT2D eigenvalue weighted by Crippen LogP contribution is 2.14. The van der Waals surface area contributed by atoms with Gasteiger partial charge in [0, 0.05) is 6.54 Å². The van der Waals surface area contributed by atoms with Crippen LogP contribution in [0, 0.1) is 12.7 Å². The van der Waals surface area contributed by atoms with Crippen molar-refractivity contribution in [3.8, 4) is 5.69 Å². The molecule has 1 N–H and O–H groups in total. The fraction of sp³-hybridized carbons (Fsp3) is 0.375. The molecule has 4 nitrogen and oxygen atoms in total. The number of nitrogens with zero attached hydrogens (tertiary/aromatic N) is 2. The van der Waals surface area contributed by atoms with Crippen molar-refractivity contribution in [3.63, 3.8) is 0 Å². The molecule has 1 aromatic carbocycles. The Balaban J connectivity index is 2.09. The Morgan fingerprint density at radius 3 is 2.67 bits per heavy atom. The van der Waals surface area contributed by atoms with E-state index in [1.165, 1.54) is 12.1 Å². The third-order valence-electron chi connectivity index (χ3n) is 3.39. The van der Waals surface area contributed by atoms with E-state index in [4.69, 9.17) is 0 Å². The van der Waals surface area contributed by atoms with Gasteiger partial charge in [0.25, 0.3) is 5.91 Å². The number of nitrogens with one attached hydrogen (secondary N) is 1. The van der Waals surface area contributed by atoms with Gasteiger partial charge in [-0.15, -0.1) is 0 Å². The van der Waals surface area contributed by atoms with Crippen LogP contribution in [0.2, 0.25) is 0 Å². The van der Waals surface area contributed by atoms with Crippen LogP contribution in [-0.4, -0.2) is 22.2 Å². The molecule has 0 aliphatic heterocycles. The molecule has 2 rings (SSSR count). The third-order valence-corrected chi connectivity index (χ3v) is 3.39. The van der Waals surface area contributed by atoms with Gasteiger partial charge in [-0.25, -0.2) is 9.07 Å². The first-order valence-electron chi connectivity index (χ1n) is 7.22. The molecule has 0 bridgehead atoms. The molecule has 0 aliphatic rings. The second-order valence-corrected chi connectivity index (χ2v) is 4.99. The predicted molar refractivity (Wildman–Crippen MR) is 80.1 cm³/mol. The van der Waals surface area contributed by atoms with E-state index in [0.29, 0.717) is 12.1 Å². The number of amides is 1. The largest absolute Gasteiger partial charge is 0.352 e. The number of unbranched alkanes of at least 4 members (excludes halogenated alkanes) is 2. The van der Waals surface area contributed by atoms with Crippen molar-refractivity contribution in [2.75, 3.05) is 6.54 Å². The molecule has 0 fully saturated rings. The molecule has 0 spiro atoms. The number of hydrogen-bond acceptors (Lipinski definition) is 2. The molecule has 0 aliphatic carbocycles. The van der Waals surface area contributed by atoms with Gasteiger partial charge in [0.1, 0.15) is 5.82 Å². The zero-order valence-electron chi connectivity index (χ0n) is 12.4. The second-order valence-electron chi connectivity index (χ2n) is 4.99. The Bertz CT molecular complexity index is 604. The Kier molecular flexibility index (Phi) is 5.09. The van der Waals surface area contributed by atoms with Gasteiger partial charge in [0.2, 0.25) is 0 Å². The van der Waals surface area contributed by atoms with Crippen molar-refractivity contribution in [2.24, 2.45) is 0 Å². The zero-order chi connectivity index (χ0) is 15.2. The number of rotatable bonds is 6. The zero-order valence-corrected chi connectivity index (χ0v) is 12.4. The summed E-state index contributed by atoms with van der Waals surface area (Å²) in [4.78, 5) is 12.1. The lowest BCUT2D eigenvalue weighted by Crippen LogP contribution is -2.24. The first-order valence-corrected chi connectivity index (χ1v) is 7.22. The minimum atomic E-state index is -0.294. The molecule has 0 atom stereocenters. The Morgan fingerprint density at radius 2 is 2.00 bits per heavy atom. The molecule has 0 unspecified atom stereocenters. The van der Waals surface area contributed by atoms with E-state index < -0.39 is 0 Å². The number of halogens is 1. The maximum absolute atomic E-state index is 12.9. The fourth-order valence-electron chi connectivity index (χ4n) is 2.15. The summed E-state index contributed by atoms with van der Waals surface area (Å²) in [6.07, 6.45) is 4.76. The van der Waals surface area contributed by atoms with Crippen molar-refractivity contribution < 1.29 is 9.18 Å². The van der Waals surface area contributed by atoms with Crippen LogP contribution in [0.4, 0.5) is 4.39 Å². The SMILES string of the molecule is CCCCCNC(=O)c1cnn(-c2ccc(F)cc2)c1C. The molecule has 0 saturated carbocycles. The average Bonchev–Trinajstić information content (AvgIpc) is 2.86. The minimum absolute atomic E-state index is 0.114. The lowest BCUT2D eigenvalue weighted by Gasteiger charge is -2.06. The number of aromatic nitrogens is 2. The molecule has 1 amide bonds. The summed E-state index contributed by atoms with van der Waals surface area (Å²) in [5.41, 5.74) is 2.03. The first kappa shape index (κ1) is 15.2. The second kappa shape index (κ2) is 7.02. The summed E-state index contributed by atoms with van der Waals surface area (Å²) in [6, 6.07) is 6.03. The monoisotopic (exact) mass is 289 g/mol. The van der Waals surface area contributed by atoms with Gasteiger partial charge in [0.05, 0.1) is 23.1 Å². The van der Waals surface area contributed by atoms with E-state index in [1.807, 2.05) is 6.92 Å². The highest BCUT2D eigenvalue weighted by atomic mass is 19.1. The topological polar surface area (TPSA) is 46.9 Å². The normalized spacial score (nSPS) is 10.6. The molecule has 2 aromatic rings.